The highest BCUT2D eigenvalue weighted by Gasteiger charge is 2.20. The summed E-state index contributed by atoms with van der Waals surface area (Å²) in [6, 6.07) is 3.48. The molecule has 0 bridgehead atoms. The second-order valence-electron chi connectivity index (χ2n) is 5.75. The maximum absolute atomic E-state index is 12.5. The molecule has 1 aromatic carbocycles. The van der Waals surface area contributed by atoms with E-state index in [-0.39, 0.29) is 0 Å². The number of nitrogens with two attached hydrogens (primary N) is 1. The van der Waals surface area contributed by atoms with Gasteiger partial charge in [-0.3, -0.25) is 0 Å². The Morgan fingerprint density at radius 2 is 1.90 bits per heavy atom. The summed E-state index contributed by atoms with van der Waals surface area (Å²) in [6.45, 7) is 8.34. The van der Waals surface area contributed by atoms with E-state index in [9.17, 15) is 8.42 Å². The van der Waals surface area contributed by atoms with E-state index in [4.69, 9.17) is 5.73 Å². The molecule has 0 heterocycles. The summed E-state index contributed by atoms with van der Waals surface area (Å²) in [5.41, 5.74) is 7.87. The van der Waals surface area contributed by atoms with Crippen molar-refractivity contribution in [3.05, 3.63) is 23.3 Å². The van der Waals surface area contributed by atoms with E-state index in [1.54, 1.807) is 19.1 Å². The predicted molar refractivity (Wildman–Crippen MR) is 88.8 cm³/mol. The number of anilines is 1. The third-order valence-corrected chi connectivity index (χ3v) is 5.49. The molecule has 4 nitrogen and oxygen atoms in total. The minimum Gasteiger partial charge on any atom is -0.398 e. The first kappa shape index (κ1) is 18.0. The van der Waals surface area contributed by atoms with E-state index < -0.39 is 10.0 Å². The van der Waals surface area contributed by atoms with E-state index in [1.165, 1.54) is 0 Å². The summed E-state index contributed by atoms with van der Waals surface area (Å²) in [5.74, 6) is 0.391. The number of rotatable bonds is 8. The van der Waals surface area contributed by atoms with Gasteiger partial charge in [0.2, 0.25) is 10.0 Å². The second-order valence-corrected chi connectivity index (χ2v) is 7.48. The zero-order chi connectivity index (χ0) is 16.0. The number of hydrogen-bond donors (Lipinski definition) is 2. The standard InChI is InChI=1S/C16H28N2O2S/c1-5-7-8-14(6-2)11-18-21(19,20)16-10-12(3)9-15(17)13(16)4/h9-10,14,18H,5-8,11,17H2,1-4H3. The molecule has 1 unspecified atom stereocenters. The molecule has 120 valence electrons. The Labute approximate surface area is 129 Å². The van der Waals surface area contributed by atoms with Gasteiger partial charge in [0, 0.05) is 12.2 Å². The number of unbranched alkanes of at least 4 members (excludes halogenated alkanes) is 1. The maximum Gasteiger partial charge on any atom is 0.240 e. The minimum absolute atomic E-state index is 0.297. The number of benzene rings is 1. The van der Waals surface area contributed by atoms with Crippen LogP contribution in [0.1, 0.15) is 50.7 Å². The van der Waals surface area contributed by atoms with E-state index in [1.807, 2.05) is 6.92 Å². The van der Waals surface area contributed by atoms with Crippen molar-refractivity contribution in [2.45, 2.75) is 58.3 Å². The van der Waals surface area contributed by atoms with Crippen molar-refractivity contribution in [3.63, 3.8) is 0 Å². The molecular weight excluding hydrogens is 284 g/mol. The van der Waals surface area contributed by atoms with Crippen molar-refractivity contribution in [1.29, 1.82) is 0 Å². The van der Waals surface area contributed by atoms with Crippen LogP contribution in [0.3, 0.4) is 0 Å². The van der Waals surface area contributed by atoms with Crippen LogP contribution in [0.5, 0.6) is 0 Å². The Morgan fingerprint density at radius 3 is 2.48 bits per heavy atom. The van der Waals surface area contributed by atoms with Gasteiger partial charge in [-0.05, 0) is 49.4 Å². The Morgan fingerprint density at radius 1 is 1.24 bits per heavy atom. The van der Waals surface area contributed by atoms with Crippen LogP contribution in [0.15, 0.2) is 17.0 Å². The van der Waals surface area contributed by atoms with Crippen LogP contribution >= 0.6 is 0 Å². The van der Waals surface area contributed by atoms with Crippen LogP contribution in [0.4, 0.5) is 5.69 Å². The number of nitrogen functional groups attached to an aromatic ring is 1. The molecule has 0 fully saturated rings. The smallest absolute Gasteiger partial charge is 0.240 e. The van der Waals surface area contributed by atoms with Crippen LogP contribution in [-0.2, 0) is 10.0 Å². The minimum atomic E-state index is -3.50. The summed E-state index contributed by atoms with van der Waals surface area (Å²) in [7, 11) is -3.50. The van der Waals surface area contributed by atoms with Crippen molar-refractivity contribution in [2.75, 3.05) is 12.3 Å². The average molecular weight is 312 g/mol. The third kappa shape index (κ3) is 5.00. The molecule has 0 aliphatic carbocycles. The van der Waals surface area contributed by atoms with Gasteiger partial charge in [0.15, 0.2) is 0 Å². The van der Waals surface area contributed by atoms with E-state index in [0.717, 1.165) is 31.2 Å². The van der Waals surface area contributed by atoms with Crippen molar-refractivity contribution in [1.82, 2.24) is 4.72 Å². The predicted octanol–water partition coefficient (Wildman–Crippen LogP) is 3.38. The van der Waals surface area contributed by atoms with Gasteiger partial charge in [-0.1, -0.05) is 33.1 Å². The Balaban J connectivity index is 2.87. The van der Waals surface area contributed by atoms with Crippen molar-refractivity contribution < 1.29 is 8.42 Å². The van der Waals surface area contributed by atoms with Gasteiger partial charge in [0.25, 0.3) is 0 Å². The van der Waals surface area contributed by atoms with Gasteiger partial charge in [0.1, 0.15) is 0 Å². The fourth-order valence-corrected chi connectivity index (χ4v) is 3.85. The molecule has 1 aromatic rings. The van der Waals surface area contributed by atoms with Crippen molar-refractivity contribution in [3.8, 4) is 0 Å². The molecule has 0 aliphatic rings. The molecule has 3 N–H and O–H groups in total. The Kier molecular flexibility index (Phi) is 6.68. The molecule has 0 saturated heterocycles. The van der Waals surface area contributed by atoms with Crippen molar-refractivity contribution in [2.24, 2.45) is 5.92 Å². The second kappa shape index (κ2) is 7.80. The molecule has 21 heavy (non-hydrogen) atoms. The van der Waals surface area contributed by atoms with Crippen LogP contribution in [0, 0.1) is 19.8 Å². The largest absolute Gasteiger partial charge is 0.398 e. The summed E-state index contributed by atoms with van der Waals surface area (Å²) in [6.07, 6.45) is 4.31. The summed E-state index contributed by atoms with van der Waals surface area (Å²) >= 11 is 0. The average Bonchev–Trinajstić information content (AvgIpc) is 2.43. The highest BCUT2D eigenvalue weighted by atomic mass is 32.2. The molecule has 0 amide bonds. The normalized spacial score (nSPS) is 13.3. The first-order valence-corrected chi connectivity index (χ1v) is 9.16. The highest BCUT2D eigenvalue weighted by Crippen LogP contribution is 2.23. The van der Waals surface area contributed by atoms with Gasteiger partial charge in [-0.15, -0.1) is 0 Å². The van der Waals surface area contributed by atoms with E-state index in [2.05, 4.69) is 18.6 Å². The number of sulfonamides is 1. The zero-order valence-corrected chi connectivity index (χ0v) is 14.4. The van der Waals surface area contributed by atoms with Crippen molar-refractivity contribution >= 4 is 15.7 Å². The van der Waals surface area contributed by atoms with Crippen LogP contribution < -0.4 is 10.5 Å². The highest BCUT2D eigenvalue weighted by molar-refractivity contribution is 7.89. The van der Waals surface area contributed by atoms with Gasteiger partial charge in [0.05, 0.1) is 4.90 Å². The molecule has 1 atom stereocenters. The molecule has 1 rings (SSSR count). The summed E-state index contributed by atoms with van der Waals surface area (Å²) < 4.78 is 27.7. The fraction of sp³-hybridized carbons (Fsp3) is 0.625. The maximum atomic E-state index is 12.5. The van der Waals surface area contributed by atoms with Gasteiger partial charge < -0.3 is 5.73 Å². The molecule has 0 spiro atoms. The number of hydrogen-bond acceptors (Lipinski definition) is 3. The number of nitrogens with one attached hydrogen (secondary N) is 1. The van der Waals surface area contributed by atoms with Gasteiger partial charge in [-0.25, -0.2) is 13.1 Å². The number of aryl methyl sites for hydroxylation is 1. The molecular formula is C16H28N2O2S. The first-order chi connectivity index (χ1) is 9.81. The van der Waals surface area contributed by atoms with Gasteiger partial charge in [-0.2, -0.15) is 0 Å². The lowest BCUT2D eigenvalue weighted by molar-refractivity contribution is 0.443. The van der Waals surface area contributed by atoms with E-state index >= 15 is 0 Å². The topological polar surface area (TPSA) is 72.2 Å². The Bertz CT molecular complexity index is 568. The molecule has 5 heteroatoms. The van der Waals surface area contributed by atoms with Crippen LogP contribution in [-0.4, -0.2) is 15.0 Å². The zero-order valence-electron chi connectivity index (χ0n) is 13.6. The lowest BCUT2D eigenvalue weighted by Gasteiger charge is -2.17. The molecule has 0 saturated carbocycles. The quantitative estimate of drug-likeness (QED) is 0.723. The van der Waals surface area contributed by atoms with Crippen LogP contribution in [0.25, 0.3) is 0 Å². The Hall–Kier alpha value is -1.07. The summed E-state index contributed by atoms with van der Waals surface area (Å²) in [5, 5.41) is 0. The van der Waals surface area contributed by atoms with Gasteiger partial charge >= 0.3 is 0 Å². The summed E-state index contributed by atoms with van der Waals surface area (Å²) in [4.78, 5) is 0.297. The van der Waals surface area contributed by atoms with Crippen LogP contribution in [0.2, 0.25) is 0 Å². The third-order valence-electron chi connectivity index (χ3n) is 3.94. The molecule has 0 aliphatic heterocycles. The molecule has 0 radical (unpaired) electrons. The van der Waals surface area contributed by atoms with E-state index in [0.29, 0.717) is 28.6 Å². The lowest BCUT2D eigenvalue weighted by Crippen LogP contribution is -2.30. The fourth-order valence-electron chi connectivity index (χ4n) is 2.38. The first-order valence-electron chi connectivity index (χ1n) is 7.68. The lowest BCUT2D eigenvalue weighted by atomic mass is 10.00. The monoisotopic (exact) mass is 312 g/mol. The molecule has 0 aromatic heterocycles. The SMILES string of the molecule is CCCCC(CC)CNS(=O)(=O)c1cc(C)cc(N)c1C.